The molecular formula is C24H20O6. The van der Waals surface area contributed by atoms with Crippen LogP contribution in [0.4, 0.5) is 0 Å². The van der Waals surface area contributed by atoms with E-state index in [2.05, 4.69) is 0 Å². The lowest BCUT2D eigenvalue weighted by atomic mass is 9.28. The Balaban J connectivity index is 1.32. The number of ether oxygens (including phenoxy) is 2. The molecular weight excluding hydrogens is 384 g/mol. The highest BCUT2D eigenvalue weighted by Crippen LogP contribution is 3.22. The van der Waals surface area contributed by atoms with E-state index in [1.807, 2.05) is 0 Å². The van der Waals surface area contributed by atoms with Crippen LogP contribution in [0, 0.1) is 92.7 Å². The van der Waals surface area contributed by atoms with Crippen LogP contribution in [0.2, 0.25) is 0 Å². The minimum atomic E-state index is -0.210. The first kappa shape index (κ1) is 14.4. The first-order valence-electron chi connectivity index (χ1n) is 11.8. The van der Waals surface area contributed by atoms with E-state index in [0.29, 0.717) is 23.4 Å². The lowest BCUT2D eigenvalue weighted by Crippen LogP contribution is -2.73. The number of rotatable bonds is 2. The maximum Gasteiger partial charge on any atom is 0.302 e. The summed E-state index contributed by atoms with van der Waals surface area (Å²) in [6.07, 6.45) is -0.148. The molecule has 152 valence electrons. The number of hydrogen-bond acceptors (Lipinski definition) is 6. The highest BCUT2D eigenvalue weighted by atomic mass is 16.6. The maximum atomic E-state index is 13.8. The van der Waals surface area contributed by atoms with Crippen LogP contribution in [-0.4, -0.2) is 35.7 Å². The molecule has 0 aliphatic heterocycles. The fourth-order valence-corrected chi connectivity index (χ4v) is 16.6. The number of carbonyl (C=O) groups is 4. The van der Waals surface area contributed by atoms with Crippen LogP contribution >= 0.6 is 0 Å². The molecule has 13 aliphatic rings. The van der Waals surface area contributed by atoms with Crippen LogP contribution in [0.25, 0.3) is 0 Å². The highest BCUT2D eigenvalue weighted by Gasteiger charge is 3.25. The lowest BCUT2D eigenvalue weighted by Gasteiger charge is -2.73. The van der Waals surface area contributed by atoms with Gasteiger partial charge in [-0.3, -0.25) is 19.2 Å². The van der Waals surface area contributed by atoms with E-state index < -0.39 is 0 Å². The summed E-state index contributed by atoms with van der Waals surface area (Å²) in [5, 5.41) is 0. The van der Waals surface area contributed by atoms with Gasteiger partial charge in [0.25, 0.3) is 0 Å². The predicted octanol–water partition coefficient (Wildman–Crippen LogP) is 0.478. The summed E-state index contributed by atoms with van der Waals surface area (Å²) in [7, 11) is 0. The van der Waals surface area contributed by atoms with Crippen LogP contribution < -0.4 is 0 Å². The Hall–Kier alpha value is -1.72. The van der Waals surface area contributed by atoms with Gasteiger partial charge in [-0.1, -0.05) is 0 Å². The Morgan fingerprint density at radius 3 is 1.17 bits per heavy atom. The second-order valence-electron chi connectivity index (χ2n) is 12.8. The molecule has 4 spiro atoms. The number of hydrogen-bond donors (Lipinski definition) is 0. The zero-order chi connectivity index (χ0) is 19.8. The van der Waals surface area contributed by atoms with Crippen LogP contribution in [0.5, 0.6) is 0 Å². The van der Waals surface area contributed by atoms with Gasteiger partial charge in [0.05, 0.1) is 0 Å². The molecule has 0 aromatic rings. The van der Waals surface area contributed by atoms with Gasteiger partial charge >= 0.3 is 11.9 Å². The van der Waals surface area contributed by atoms with Gasteiger partial charge in [0.1, 0.15) is 23.8 Å². The molecule has 0 aromatic carbocycles. The molecule has 6 heteroatoms. The fourth-order valence-electron chi connectivity index (χ4n) is 16.6. The summed E-state index contributed by atoms with van der Waals surface area (Å²) in [6, 6.07) is 0. The quantitative estimate of drug-likeness (QED) is 0.622. The molecule has 0 heterocycles. The maximum absolute atomic E-state index is 13.8. The lowest BCUT2D eigenvalue weighted by molar-refractivity contribution is -0.297. The number of carbonyl (C=O) groups excluding carboxylic acids is 4. The number of esters is 2. The molecule has 8 atom stereocenters. The first-order chi connectivity index (χ1) is 14.4. The van der Waals surface area contributed by atoms with E-state index in [0.717, 1.165) is 0 Å². The molecule has 0 amide bonds. The molecule has 8 bridgehead atoms. The van der Waals surface area contributed by atoms with Crippen molar-refractivity contribution in [3.8, 4) is 0 Å². The second-order valence-corrected chi connectivity index (χ2v) is 12.8. The Morgan fingerprint density at radius 1 is 0.600 bits per heavy atom. The minimum absolute atomic E-state index is 0.0263. The third-order valence-electron chi connectivity index (χ3n) is 14.1. The van der Waals surface area contributed by atoms with Crippen molar-refractivity contribution in [2.45, 2.75) is 26.1 Å². The molecule has 0 radical (unpaired) electrons. The monoisotopic (exact) mass is 404 g/mol. The second kappa shape index (κ2) is 3.07. The van der Waals surface area contributed by atoms with Gasteiger partial charge in [-0.25, -0.2) is 0 Å². The van der Waals surface area contributed by atoms with E-state index in [4.69, 9.17) is 9.47 Å². The van der Waals surface area contributed by atoms with Crippen LogP contribution in [0.3, 0.4) is 0 Å². The van der Waals surface area contributed by atoms with Crippen molar-refractivity contribution < 1.29 is 28.7 Å². The van der Waals surface area contributed by atoms with Gasteiger partial charge in [-0.2, -0.15) is 0 Å². The predicted molar refractivity (Wildman–Crippen MR) is 92.7 cm³/mol. The van der Waals surface area contributed by atoms with Crippen molar-refractivity contribution in [2.24, 2.45) is 92.7 Å². The van der Waals surface area contributed by atoms with Gasteiger partial charge in [0, 0.05) is 82.9 Å². The van der Waals surface area contributed by atoms with Crippen molar-refractivity contribution in [1.29, 1.82) is 0 Å². The summed E-state index contributed by atoms with van der Waals surface area (Å²) in [5.74, 6) is 2.77. The van der Waals surface area contributed by atoms with E-state index in [-0.39, 0.29) is 105 Å². The highest BCUT2D eigenvalue weighted by molar-refractivity contribution is 6.08. The van der Waals surface area contributed by atoms with Crippen molar-refractivity contribution in [3.05, 3.63) is 0 Å². The fraction of sp³-hybridized carbons (Fsp3) is 0.833. The Labute approximate surface area is 171 Å². The third kappa shape index (κ3) is 0.638. The van der Waals surface area contributed by atoms with Crippen LogP contribution in [0.1, 0.15) is 13.8 Å². The SMILES string of the molecule is CC(=O)OC1C2C3C4C1C15C6C(=O)C7C8C6C6C(=O)C8C8(C3C(OC(C)=O)C4C618)C725. The topological polar surface area (TPSA) is 86.7 Å². The largest absolute Gasteiger partial charge is 0.462 e. The van der Waals surface area contributed by atoms with E-state index >= 15 is 0 Å². The number of ketones is 2. The first-order valence-corrected chi connectivity index (χ1v) is 11.8. The summed E-state index contributed by atoms with van der Waals surface area (Å²) < 4.78 is 12.2. The molecule has 13 rings (SSSR count). The molecule has 0 saturated heterocycles. The van der Waals surface area contributed by atoms with Gasteiger partial charge in [-0.05, 0) is 23.7 Å². The van der Waals surface area contributed by atoms with Crippen molar-refractivity contribution >= 4 is 23.5 Å². The molecule has 30 heavy (non-hydrogen) atoms. The average Bonchev–Trinajstić information content (AvgIpc) is 3.46. The summed E-state index contributed by atoms with van der Waals surface area (Å²) in [6.45, 7) is 3.03. The third-order valence-corrected chi connectivity index (χ3v) is 14.1. The molecule has 0 N–H and O–H groups in total. The van der Waals surface area contributed by atoms with E-state index in [1.54, 1.807) is 0 Å². The van der Waals surface area contributed by atoms with Crippen molar-refractivity contribution in [2.75, 3.05) is 0 Å². The minimum Gasteiger partial charge on any atom is -0.462 e. The molecule has 13 saturated carbocycles. The molecule has 13 aliphatic carbocycles. The van der Waals surface area contributed by atoms with Crippen molar-refractivity contribution in [3.63, 3.8) is 0 Å². The summed E-state index contributed by atoms with van der Waals surface area (Å²) in [5.41, 5.74) is -0.465. The Kier molecular flexibility index (Phi) is 1.47. The standard InChI is InChI=1S/C24H20O6/c1-3(25)29-19-13-7-8-14(19)22-10-6-5-9(17(10)27)21(13,22)23-11(5)18(28)12(6)24(22,23)16(8)20(15(7)23)30-4(2)26/h5-16,19-20H,1-2H3. The average molecular weight is 404 g/mol. The summed E-state index contributed by atoms with van der Waals surface area (Å²) in [4.78, 5) is 51.9. The zero-order valence-electron chi connectivity index (χ0n) is 16.5. The molecule has 6 nitrogen and oxygen atoms in total. The zero-order valence-corrected chi connectivity index (χ0v) is 16.5. The Morgan fingerprint density at radius 2 is 0.900 bits per heavy atom. The van der Waals surface area contributed by atoms with Crippen LogP contribution in [-0.2, 0) is 28.7 Å². The Bertz CT molecular complexity index is 1030. The van der Waals surface area contributed by atoms with E-state index in [9.17, 15) is 19.2 Å². The van der Waals surface area contributed by atoms with Crippen LogP contribution in [0.15, 0.2) is 0 Å². The van der Waals surface area contributed by atoms with E-state index in [1.165, 1.54) is 13.8 Å². The van der Waals surface area contributed by atoms with Crippen molar-refractivity contribution in [1.82, 2.24) is 0 Å². The smallest absolute Gasteiger partial charge is 0.302 e. The van der Waals surface area contributed by atoms with Gasteiger partial charge in [0.15, 0.2) is 0 Å². The van der Waals surface area contributed by atoms with Gasteiger partial charge < -0.3 is 9.47 Å². The molecule has 0 aromatic heterocycles. The molecule has 8 unspecified atom stereocenters. The normalized spacial score (nSPS) is 80.6. The molecule has 13 fully saturated rings. The number of Topliss-reactive ketones (excluding diaryl/α,β-unsaturated/α-hetero) is 2. The summed E-state index contributed by atoms with van der Waals surface area (Å²) >= 11 is 0. The van der Waals surface area contributed by atoms with Gasteiger partial charge in [0.2, 0.25) is 0 Å². The van der Waals surface area contributed by atoms with Gasteiger partial charge in [-0.15, -0.1) is 0 Å².